The Labute approximate surface area is 151 Å². The normalized spacial score (nSPS) is 30.0. The van der Waals surface area contributed by atoms with E-state index in [2.05, 4.69) is 0 Å². The molecule has 1 aromatic carbocycles. The molecule has 0 saturated carbocycles. The van der Waals surface area contributed by atoms with Crippen LogP contribution in [0.5, 0.6) is 5.75 Å². The number of benzene rings is 1. The van der Waals surface area contributed by atoms with Crippen molar-refractivity contribution in [3.63, 3.8) is 0 Å². The van der Waals surface area contributed by atoms with Crippen molar-refractivity contribution in [2.24, 2.45) is 5.92 Å². The van der Waals surface area contributed by atoms with E-state index in [1.807, 2.05) is 0 Å². The molecule has 2 rings (SSSR count). The minimum atomic E-state index is -1.56. The topological polar surface area (TPSA) is 130 Å². The van der Waals surface area contributed by atoms with Crippen LogP contribution in [0.25, 0.3) is 6.08 Å². The second kappa shape index (κ2) is 8.16. The largest absolute Gasteiger partial charge is 0.507 e. The molecule has 0 fully saturated rings. The molecule has 7 nitrogen and oxygen atoms in total. The van der Waals surface area contributed by atoms with Crippen LogP contribution in [-0.2, 0) is 9.53 Å². The van der Waals surface area contributed by atoms with Gasteiger partial charge in [-0.05, 0) is 31.1 Å². The van der Waals surface area contributed by atoms with Crippen molar-refractivity contribution in [3.05, 3.63) is 41.5 Å². The number of cyclic esters (lactones) is 1. The van der Waals surface area contributed by atoms with Gasteiger partial charge in [0.25, 0.3) is 0 Å². The summed E-state index contributed by atoms with van der Waals surface area (Å²) in [5.41, 5.74) is 6.24. The van der Waals surface area contributed by atoms with Crippen molar-refractivity contribution in [1.82, 2.24) is 0 Å². The van der Waals surface area contributed by atoms with Crippen molar-refractivity contribution in [3.8, 4) is 5.75 Å². The number of carbonyl (C=O) groups is 2. The maximum atomic E-state index is 12.5. The lowest BCUT2D eigenvalue weighted by Gasteiger charge is -2.20. The van der Waals surface area contributed by atoms with E-state index < -0.39 is 30.1 Å². The molecule has 5 N–H and O–H groups in total. The van der Waals surface area contributed by atoms with E-state index in [9.17, 15) is 24.9 Å². The monoisotopic (exact) mass is 361 g/mol. The highest BCUT2D eigenvalue weighted by atomic mass is 16.5. The number of carbonyl (C=O) groups excluding carboxylic acids is 2. The number of esters is 1. The Morgan fingerprint density at radius 3 is 2.54 bits per heavy atom. The second-order valence-corrected chi connectivity index (χ2v) is 6.39. The molecular weight excluding hydrogens is 338 g/mol. The molecule has 0 aliphatic carbocycles. The SMILES string of the molecule is C[C@@H]1OC(=O)c2c(O)cc(N)cc2/C=C/C[C@H](O)[C@H](O)C(=O)/C=C\[C@@H]1C. The van der Waals surface area contributed by atoms with E-state index in [0.717, 1.165) is 0 Å². The van der Waals surface area contributed by atoms with Crippen molar-refractivity contribution >= 4 is 23.5 Å². The molecule has 26 heavy (non-hydrogen) atoms. The van der Waals surface area contributed by atoms with Crippen LogP contribution in [-0.4, -0.2) is 45.4 Å². The zero-order valence-electron chi connectivity index (χ0n) is 14.6. The van der Waals surface area contributed by atoms with E-state index in [4.69, 9.17) is 10.5 Å². The molecule has 0 amide bonds. The van der Waals surface area contributed by atoms with Crippen molar-refractivity contribution < 1.29 is 29.6 Å². The van der Waals surface area contributed by atoms with Gasteiger partial charge in [-0.2, -0.15) is 0 Å². The number of aromatic hydroxyl groups is 1. The van der Waals surface area contributed by atoms with Crippen LogP contribution >= 0.6 is 0 Å². The summed E-state index contributed by atoms with van der Waals surface area (Å²) in [5.74, 6) is -1.99. The summed E-state index contributed by atoms with van der Waals surface area (Å²) in [6.45, 7) is 3.39. The molecule has 0 saturated heterocycles. The fourth-order valence-corrected chi connectivity index (χ4v) is 2.51. The molecular formula is C19H23NO6. The second-order valence-electron chi connectivity index (χ2n) is 6.39. The van der Waals surface area contributed by atoms with Gasteiger partial charge in [0.2, 0.25) is 0 Å². The van der Waals surface area contributed by atoms with Gasteiger partial charge in [0, 0.05) is 17.7 Å². The van der Waals surface area contributed by atoms with Crippen LogP contribution in [0, 0.1) is 5.92 Å². The molecule has 0 aromatic heterocycles. The summed E-state index contributed by atoms with van der Waals surface area (Å²) in [6, 6.07) is 2.74. The summed E-state index contributed by atoms with van der Waals surface area (Å²) >= 11 is 0. The summed E-state index contributed by atoms with van der Waals surface area (Å²) in [4.78, 5) is 24.4. The van der Waals surface area contributed by atoms with Crippen molar-refractivity contribution in [2.45, 2.75) is 38.6 Å². The highest BCUT2D eigenvalue weighted by molar-refractivity contribution is 5.97. The first kappa shape index (κ1) is 19.7. The highest BCUT2D eigenvalue weighted by Crippen LogP contribution is 2.28. The maximum absolute atomic E-state index is 12.5. The van der Waals surface area contributed by atoms with E-state index in [0.29, 0.717) is 5.56 Å². The fraction of sp³-hybridized carbons (Fsp3) is 0.368. The van der Waals surface area contributed by atoms with Crippen LogP contribution in [0.1, 0.15) is 36.2 Å². The Morgan fingerprint density at radius 1 is 1.15 bits per heavy atom. The quantitative estimate of drug-likeness (QED) is 0.406. The number of nitrogen functional groups attached to an aromatic ring is 1. The molecule has 140 valence electrons. The molecule has 0 radical (unpaired) electrons. The van der Waals surface area contributed by atoms with Gasteiger partial charge in [0.15, 0.2) is 5.78 Å². The lowest BCUT2D eigenvalue weighted by Crippen LogP contribution is -2.32. The number of phenols is 1. The summed E-state index contributed by atoms with van der Waals surface area (Å²) in [7, 11) is 0. The number of nitrogens with two attached hydrogens (primary N) is 1. The summed E-state index contributed by atoms with van der Waals surface area (Å²) < 4.78 is 5.39. The Balaban J connectivity index is 2.48. The Kier molecular flexibility index (Phi) is 6.18. The predicted molar refractivity (Wildman–Crippen MR) is 96.4 cm³/mol. The van der Waals surface area contributed by atoms with Crippen LogP contribution < -0.4 is 5.73 Å². The summed E-state index contributed by atoms with van der Waals surface area (Å²) in [5, 5.41) is 30.0. The number of rotatable bonds is 0. The minimum Gasteiger partial charge on any atom is -0.507 e. The molecule has 0 bridgehead atoms. The third kappa shape index (κ3) is 4.50. The van der Waals surface area contributed by atoms with Crippen LogP contribution in [0.3, 0.4) is 0 Å². The maximum Gasteiger partial charge on any atom is 0.342 e. The number of aliphatic hydroxyl groups excluding tert-OH is 2. The smallest absolute Gasteiger partial charge is 0.342 e. The third-order valence-corrected chi connectivity index (χ3v) is 4.30. The van der Waals surface area contributed by atoms with Crippen molar-refractivity contribution in [1.29, 1.82) is 0 Å². The van der Waals surface area contributed by atoms with Gasteiger partial charge in [0.1, 0.15) is 23.5 Å². The zero-order chi connectivity index (χ0) is 19.4. The highest BCUT2D eigenvalue weighted by Gasteiger charge is 2.25. The summed E-state index contributed by atoms with van der Waals surface area (Å²) in [6.07, 6.45) is 2.14. The number of ether oxygens (including phenoxy) is 1. The van der Waals surface area contributed by atoms with Gasteiger partial charge in [-0.25, -0.2) is 4.79 Å². The van der Waals surface area contributed by atoms with Gasteiger partial charge in [-0.15, -0.1) is 0 Å². The number of fused-ring (bicyclic) bond motifs is 1. The first-order valence-corrected chi connectivity index (χ1v) is 8.29. The predicted octanol–water partition coefficient (Wildman–Crippen LogP) is 1.42. The van der Waals surface area contributed by atoms with Crippen molar-refractivity contribution in [2.75, 3.05) is 5.73 Å². The van der Waals surface area contributed by atoms with Crippen LogP contribution in [0.2, 0.25) is 0 Å². The van der Waals surface area contributed by atoms with E-state index in [-0.39, 0.29) is 29.3 Å². The van der Waals surface area contributed by atoms with E-state index in [1.165, 1.54) is 36.4 Å². The Hall–Kier alpha value is -2.64. The van der Waals surface area contributed by atoms with Crippen LogP contribution in [0.15, 0.2) is 30.4 Å². The molecule has 1 aromatic rings. The van der Waals surface area contributed by atoms with Gasteiger partial charge in [-0.3, -0.25) is 4.79 Å². The minimum absolute atomic E-state index is 0.0310. The number of phenolic OH excluding ortho intramolecular Hbond substituents is 1. The number of hydrogen-bond donors (Lipinski definition) is 4. The first-order valence-electron chi connectivity index (χ1n) is 8.29. The molecule has 7 heteroatoms. The standard InChI is InChI=1S/C19H23NO6/c1-10-6-7-15(22)18(24)14(21)5-3-4-12-8-13(20)9-16(23)17(12)19(25)26-11(10)2/h3-4,6-11,14,18,21,23-24H,5,20H2,1-2H3/b4-3+,7-6-/t10-,11-,14-,18-/m0/s1. The Bertz CT molecular complexity index is 755. The number of hydrogen-bond acceptors (Lipinski definition) is 7. The first-order chi connectivity index (χ1) is 12.2. The molecule has 1 aliphatic heterocycles. The lowest BCUT2D eigenvalue weighted by atomic mass is 9.99. The van der Waals surface area contributed by atoms with Gasteiger partial charge in [0.05, 0.1) is 6.10 Å². The molecule has 0 spiro atoms. The molecule has 1 heterocycles. The lowest BCUT2D eigenvalue weighted by molar-refractivity contribution is -0.127. The Morgan fingerprint density at radius 2 is 1.85 bits per heavy atom. The zero-order valence-corrected chi connectivity index (χ0v) is 14.6. The van der Waals surface area contributed by atoms with Gasteiger partial charge < -0.3 is 25.8 Å². The number of ketones is 1. The van der Waals surface area contributed by atoms with Crippen LogP contribution in [0.4, 0.5) is 5.69 Å². The van der Waals surface area contributed by atoms with Gasteiger partial charge >= 0.3 is 5.97 Å². The number of anilines is 1. The fourth-order valence-electron chi connectivity index (χ4n) is 2.51. The molecule has 1 aliphatic rings. The molecule has 4 atom stereocenters. The average Bonchev–Trinajstić information content (AvgIpc) is 2.56. The average molecular weight is 361 g/mol. The van der Waals surface area contributed by atoms with Gasteiger partial charge in [-0.1, -0.05) is 25.2 Å². The van der Waals surface area contributed by atoms with E-state index in [1.54, 1.807) is 13.8 Å². The molecule has 0 unspecified atom stereocenters. The third-order valence-electron chi connectivity index (χ3n) is 4.30. The van der Waals surface area contributed by atoms with E-state index >= 15 is 0 Å². The number of aliphatic hydroxyl groups is 2.